The summed E-state index contributed by atoms with van der Waals surface area (Å²) in [5.41, 5.74) is -0.755. The maximum atomic E-state index is 11.6. The molecule has 0 aliphatic carbocycles. The molecule has 1 fully saturated rings. The number of esters is 1. The smallest absolute Gasteiger partial charge is 0.376 e. The van der Waals surface area contributed by atoms with Crippen LogP contribution < -0.4 is 4.90 Å². The molecule has 0 bridgehead atoms. The number of aliphatic carboxylic acids is 1. The predicted octanol–water partition coefficient (Wildman–Crippen LogP) is 1.34. The van der Waals surface area contributed by atoms with Crippen molar-refractivity contribution >= 4 is 17.8 Å². The second kappa shape index (κ2) is 6.07. The molecule has 0 spiro atoms. The molecule has 7 heteroatoms. The van der Waals surface area contributed by atoms with Crippen molar-refractivity contribution in [3.63, 3.8) is 0 Å². The molecule has 1 aromatic rings. The molecule has 0 saturated carbocycles. The third kappa shape index (κ3) is 2.96. The second-order valence-corrected chi connectivity index (χ2v) is 5.19. The summed E-state index contributed by atoms with van der Waals surface area (Å²) < 4.78 is 4.60. The summed E-state index contributed by atoms with van der Waals surface area (Å²) in [7, 11) is 1.27. The van der Waals surface area contributed by atoms with Crippen LogP contribution in [0.1, 0.15) is 36.8 Å². The number of carbonyl (C=O) groups is 2. The first-order valence-corrected chi connectivity index (χ1v) is 6.92. The Morgan fingerprint density at radius 3 is 2.90 bits per heavy atom. The van der Waals surface area contributed by atoms with Crippen molar-refractivity contribution in [1.29, 1.82) is 0 Å². The molecule has 1 unspecified atom stereocenters. The summed E-state index contributed by atoms with van der Waals surface area (Å²) in [6, 6.07) is 1.68. The zero-order valence-electron chi connectivity index (χ0n) is 12.2. The Hall–Kier alpha value is -2.18. The van der Waals surface area contributed by atoms with Crippen molar-refractivity contribution < 1.29 is 19.4 Å². The van der Waals surface area contributed by atoms with Crippen LogP contribution in [0.25, 0.3) is 0 Å². The molecule has 2 rings (SSSR count). The summed E-state index contributed by atoms with van der Waals surface area (Å²) >= 11 is 0. The number of anilines is 1. The van der Waals surface area contributed by atoms with E-state index in [-0.39, 0.29) is 5.82 Å². The average Bonchev–Trinajstić information content (AvgIpc) is 2.54. The third-order valence-electron chi connectivity index (χ3n) is 4.04. The lowest BCUT2D eigenvalue weighted by atomic mass is 9.77. The lowest BCUT2D eigenvalue weighted by molar-refractivity contribution is -0.149. The van der Waals surface area contributed by atoms with Gasteiger partial charge in [-0.25, -0.2) is 14.8 Å². The highest BCUT2D eigenvalue weighted by Gasteiger charge is 2.41. The largest absolute Gasteiger partial charge is 0.481 e. The molecule has 2 heterocycles. The maximum Gasteiger partial charge on any atom is 0.376 e. The number of rotatable bonds is 4. The van der Waals surface area contributed by atoms with Crippen molar-refractivity contribution in [2.75, 3.05) is 25.1 Å². The molecule has 0 aromatic carbocycles. The summed E-state index contributed by atoms with van der Waals surface area (Å²) in [5.74, 6) is -0.840. The van der Waals surface area contributed by atoms with Gasteiger partial charge in [0.15, 0.2) is 0 Å². The van der Waals surface area contributed by atoms with Gasteiger partial charge in [0.05, 0.1) is 12.5 Å². The lowest BCUT2D eigenvalue weighted by Crippen LogP contribution is -2.48. The fraction of sp³-hybridized carbons (Fsp3) is 0.571. The maximum absolute atomic E-state index is 11.6. The van der Waals surface area contributed by atoms with Crippen LogP contribution in [0.4, 0.5) is 5.82 Å². The minimum absolute atomic E-state index is 0.0157. The van der Waals surface area contributed by atoms with Gasteiger partial charge in [0.1, 0.15) is 5.82 Å². The number of piperidine rings is 1. The molecule has 21 heavy (non-hydrogen) atoms. The highest BCUT2D eigenvalue weighted by Crippen LogP contribution is 2.35. The number of carboxylic acids is 1. The molecule has 1 N–H and O–H groups in total. The number of hydrogen-bond acceptors (Lipinski definition) is 6. The molecule has 1 aromatic heterocycles. The van der Waals surface area contributed by atoms with Gasteiger partial charge in [0, 0.05) is 19.3 Å². The van der Waals surface area contributed by atoms with Crippen molar-refractivity contribution in [2.45, 2.75) is 26.2 Å². The van der Waals surface area contributed by atoms with Gasteiger partial charge in [-0.3, -0.25) is 4.79 Å². The van der Waals surface area contributed by atoms with Crippen molar-refractivity contribution in [3.05, 3.63) is 18.1 Å². The van der Waals surface area contributed by atoms with Gasteiger partial charge in [0.25, 0.3) is 0 Å². The highest BCUT2D eigenvalue weighted by molar-refractivity contribution is 5.85. The van der Waals surface area contributed by atoms with E-state index in [2.05, 4.69) is 14.7 Å². The number of methoxy groups -OCH3 is 1. The first kappa shape index (κ1) is 15.2. The highest BCUT2D eigenvalue weighted by atomic mass is 16.5. The third-order valence-corrected chi connectivity index (χ3v) is 4.04. The normalized spacial score (nSPS) is 21.9. The fourth-order valence-electron chi connectivity index (χ4n) is 2.66. The quantitative estimate of drug-likeness (QED) is 0.837. The molecule has 7 nitrogen and oxygen atoms in total. The van der Waals surface area contributed by atoms with E-state index < -0.39 is 17.4 Å². The summed E-state index contributed by atoms with van der Waals surface area (Å²) in [5, 5.41) is 9.50. The Balaban J connectivity index is 2.26. The molecule has 1 atom stereocenters. The first-order valence-electron chi connectivity index (χ1n) is 6.92. The van der Waals surface area contributed by atoms with Gasteiger partial charge in [-0.2, -0.15) is 0 Å². The Labute approximate surface area is 123 Å². The summed E-state index contributed by atoms with van der Waals surface area (Å²) in [6.07, 6.45) is 3.48. The Bertz CT molecular complexity index is 549. The molecule has 114 valence electrons. The monoisotopic (exact) mass is 293 g/mol. The Morgan fingerprint density at radius 1 is 1.52 bits per heavy atom. The van der Waals surface area contributed by atoms with E-state index in [1.807, 2.05) is 11.8 Å². The van der Waals surface area contributed by atoms with Crippen LogP contribution in [0.15, 0.2) is 12.3 Å². The molecular formula is C14H19N3O4. The zero-order valence-corrected chi connectivity index (χ0v) is 12.2. The van der Waals surface area contributed by atoms with Crippen LogP contribution >= 0.6 is 0 Å². The van der Waals surface area contributed by atoms with E-state index in [4.69, 9.17) is 0 Å². The van der Waals surface area contributed by atoms with E-state index in [1.54, 1.807) is 6.07 Å². The molecule has 0 radical (unpaired) electrons. The predicted molar refractivity (Wildman–Crippen MR) is 75.2 cm³/mol. The fourth-order valence-corrected chi connectivity index (χ4v) is 2.66. The van der Waals surface area contributed by atoms with Crippen LogP contribution in [0.3, 0.4) is 0 Å². The second-order valence-electron chi connectivity index (χ2n) is 5.19. The Kier molecular flexibility index (Phi) is 4.40. The Morgan fingerprint density at radius 2 is 2.29 bits per heavy atom. The number of nitrogens with zero attached hydrogens (tertiary/aromatic N) is 3. The molecule has 1 aliphatic heterocycles. The molecule has 1 saturated heterocycles. The van der Waals surface area contributed by atoms with Crippen LogP contribution in [0.5, 0.6) is 0 Å². The summed E-state index contributed by atoms with van der Waals surface area (Å²) in [6.45, 7) is 2.99. The first-order chi connectivity index (χ1) is 10.0. The number of ether oxygens (including phenoxy) is 1. The minimum atomic E-state index is -0.781. The average molecular weight is 293 g/mol. The van der Waals surface area contributed by atoms with E-state index >= 15 is 0 Å². The lowest BCUT2D eigenvalue weighted by Gasteiger charge is -2.40. The minimum Gasteiger partial charge on any atom is -0.481 e. The zero-order chi connectivity index (χ0) is 15.5. The number of aromatic nitrogens is 2. The van der Waals surface area contributed by atoms with Gasteiger partial charge < -0.3 is 14.7 Å². The van der Waals surface area contributed by atoms with Crippen molar-refractivity contribution in [3.8, 4) is 0 Å². The SMILES string of the molecule is CCC1(C(=O)O)CCCN(c2ccnc(C(=O)OC)n2)C1. The van der Waals surface area contributed by atoms with Gasteiger partial charge >= 0.3 is 11.9 Å². The van der Waals surface area contributed by atoms with Gasteiger partial charge in [-0.1, -0.05) is 6.92 Å². The van der Waals surface area contributed by atoms with E-state index in [0.717, 1.165) is 6.42 Å². The number of carboxylic acid groups (broad SMARTS) is 1. The molecule has 1 aliphatic rings. The van der Waals surface area contributed by atoms with E-state index in [1.165, 1.54) is 13.3 Å². The van der Waals surface area contributed by atoms with Crippen LogP contribution in [-0.2, 0) is 9.53 Å². The van der Waals surface area contributed by atoms with Crippen LogP contribution in [-0.4, -0.2) is 47.2 Å². The van der Waals surface area contributed by atoms with Crippen molar-refractivity contribution in [1.82, 2.24) is 9.97 Å². The van der Waals surface area contributed by atoms with Gasteiger partial charge in [0.2, 0.25) is 5.82 Å². The number of hydrogen-bond donors (Lipinski definition) is 1. The van der Waals surface area contributed by atoms with Gasteiger partial charge in [-0.05, 0) is 25.3 Å². The number of carbonyl (C=O) groups excluding carboxylic acids is 1. The van der Waals surface area contributed by atoms with Crippen LogP contribution in [0, 0.1) is 5.41 Å². The summed E-state index contributed by atoms with van der Waals surface area (Å²) in [4.78, 5) is 33.0. The topological polar surface area (TPSA) is 92.6 Å². The molecular weight excluding hydrogens is 274 g/mol. The molecule has 0 amide bonds. The van der Waals surface area contributed by atoms with E-state index in [9.17, 15) is 14.7 Å². The van der Waals surface area contributed by atoms with E-state index in [0.29, 0.717) is 31.7 Å². The van der Waals surface area contributed by atoms with Crippen molar-refractivity contribution in [2.24, 2.45) is 5.41 Å². The van der Waals surface area contributed by atoms with Crippen LogP contribution in [0.2, 0.25) is 0 Å². The van der Waals surface area contributed by atoms with Gasteiger partial charge in [-0.15, -0.1) is 0 Å². The standard InChI is InChI=1S/C14H19N3O4/c1-3-14(13(19)20)6-4-8-17(9-14)10-5-7-15-11(16-10)12(18)21-2/h5,7H,3-4,6,8-9H2,1-2H3,(H,19,20).